The van der Waals surface area contributed by atoms with Crippen molar-refractivity contribution in [3.63, 3.8) is 0 Å². The molecule has 25 heavy (non-hydrogen) atoms. The van der Waals surface area contributed by atoms with E-state index in [0.29, 0.717) is 5.56 Å². The summed E-state index contributed by atoms with van der Waals surface area (Å²) >= 11 is 0. The van der Waals surface area contributed by atoms with E-state index in [9.17, 15) is 4.79 Å². The normalized spacial score (nSPS) is 11.5. The van der Waals surface area contributed by atoms with E-state index >= 15 is 0 Å². The molecule has 0 saturated carbocycles. The number of benzene rings is 1. The fraction of sp³-hybridized carbons (Fsp3) is 0.667. The molecule has 0 amide bonds. The van der Waals surface area contributed by atoms with Crippen LogP contribution in [0.25, 0.3) is 0 Å². The minimum atomic E-state index is -0.873. The van der Waals surface area contributed by atoms with E-state index in [1.165, 1.54) is 63.8 Å². The summed E-state index contributed by atoms with van der Waals surface area (Å²) < 4.78 is 0. The summed E-state index contributed by atoms with van der Waals surface area (Å²) in [7, 11) is -0.816. The van der Waals surface area contributed by atoms with Crippen LogP contribution in [0.15, 0.2) is 24.3 Å². The molecule has 0 saturated heterocycles. The Labute approximate surface area is 155 Å². The molecule has 3 nitrogen and oxygen atoms in total. The number of carboxylic acids is 1. The third-order valence-electron chi connectivity index (χ3n) is 4.56. The summed E-state index contributed by atoms with van der Waals surface area (Å²) in [5, 5.41) is 12.2. The van der Waals surface area contributed by atoms with Crippen molar-refractivity contribution >= 4 is 19.7 Å². The Kier molecular flexibility index (Phi) is 10.5. The van der Waals surface area contributed by atoms with Gasteiger partial charge in [-0.15, -0.1) is 0 Å². The monoisotopic (exact) mass is 363 g/mol. The largest absolute Gasteiger partial charge is 0.478 e. The van der Waals surface area contributed by atoms with E-state index in [2.05, 4.69) is 25.0 Å². The maximum atomic E-state index is 10.8. The zero-order valence-electron chi connectivity index (χ0n) is 16.4. The van der Waals surface area contributed by atoms with Gasteiger partial charge >= 0.3 is 5.97 Å². The van der Waals surface area contributed by atoms with Gasteiger partial charge in [-0.25, -0.2) is 4.79 Å². The molecule has 1 rings (SSSR count). The van der Waals surface area contributed by atoms with Gasteiger partial charge in [-0.2, -0.15) is 0 Å². The van der Waals surface area contributed by atoms with Gasteiger partial charge in [0.25, 0.3) is 0 Å². The molecule has 1 aromatic rings. The molecule has 0 atom stereocenters. The second kappa shape index (κ2) is 12.1. The number of nitrogens with one attached hydrogen (secondary N) is 1. The molecule has 2 N–H and O–H groups in total. The van der Waals surface area contributed by atoms with E-state index in [1.807, 2.05) is 12.1 Å². The number of aromatic carboxylic acids is 1. The van der Waals surface area contributed by atoms with E-state index in [-0.39, 0.29) is 0 Å². The van der Waals surface area contributed by atoms with Crippen molar-refractivity contribution in [2.24, 2.45) is 0 Å². The lowest BCUT2D eigenvalue weighted by Gasteiger charge is -2.14. The molecule has 0 radical (unpaired) electrons. The number of anilines is 1. The fourth-order valence-electron chi connectivity index (χ4n) is 2.98. The van der Waals surface area contributed by atoms with Gasteiger partial charge in [-0.1, -0.05) is 77.1 Å². The van der Waals surface area contributed by atoms with Crippen molar-refractivity contribution in [1.29, 1.82) is 0 Å². The van der Waals surface area contributed by atoms with Crippen LogP contribution in [-0.2, 0) is 0 Å². The van der Waals surface area contributed by atoms with Gasteiger partial charge in [0.05, 0.1) is 5.56 Å². The minimum Gasteiger partial charge on any atom is -0.478 e. The number of hydrogen-bond donors (Lipinski definition) is 2. The van der Waals surface area contributed by atoms with Crippen LogP contribution in [-0.4, -0.2) is 25.7 Å². The molecule has 0 unspecified atom stereocenters. The second-order valence-corrected chi connectivity index (χ2v) is 13.9. The first-order chi connectivity index (χ1) is 11.9. The SMILES string of the molecule is C[Si](C)(C)CCCCCCCCCCCNc1ccc(C(=O)O)cc1. The quantitative estimate of drug-likeness (QED) is 0.287. The summed E-state index contributed by atoms with van der Waals surface area (Å²) in [6.45, 7) is 8.36. The third-order valence-corrected chi connectivity index (χ3v) is 6.42. The molecular formula is C21H37NO2Si. The fourth-order valence-corrected chi connectivity index (χ4v) is 4.29. The highest BCUT2D eigenvalue weighted by molar-refractivity contribution is 6.76. The van der Waals surface area contributed by atoms with Crippen molar-refractivity contribution in [3.8, 4) is 0 Å². The molecule has 0 aromatic heterocycles. The number of rotatable bonds is 14. The van der Waals surface area contributed by atoms with E-state index < -0.39 is 14.0 Å². The summed E-state index contributed by atoms with van der Waals surface area (Å²) in [6, 6.07) is 8.46. The van der Waals surface area contributed by atoms with Crippen LogP contribution in [0.2, 0.25) is 25.7 Å². The Hall–Kier alpha value is -1.29. The summed E-state index contributed by atoms with van der Waals surface area (Å²) in [5.41, 5.74) is 1.34. The Morgan fingerprint density at radius 1 is 0.840 bits per heavy atom. The smallest absolute Gasteiger partial charge is 0.335 e. The van der Waals surface area contributed by atoms with Gasteiger partial charge in [0.15, 0.2) is 0 Å². The van der Waals surface area contributed by atoms with Crippen LogP contribution >= 0.6 is 0 Å². The summed E-state index contributed by atoms with van der Waals surface area (Å²) in [6.07, 6.45) is 12.2. The maximum absolute atomic E-state index is 10.8. The molecule has 0 aliphatic carbocycles. The van der Waals surface area contributed by atoms with Crippen molar-refractivity contribution in [1.82, 2.24) is 0 Å². The van der Waals surface area contributed by atoms with Crippen molar-refractivity contribution in [3.05, 3.63) is 29.8 Å². The Morgan fingerprint density at radius 3 is 1.80 bits per heavy atom. The molecule has 0 bridgehead atoms. The molecule has 0 heterocycles. The van der Waals surface area contributed by atoms with E-state index in [0.717, 1.165) is 12.2 Å². The van der Waals surface area contributed by atoms with Gasteiger partial charge < -0.3 is 10.4 Å². The van der Waals surface area contributed by atoms with Gasteiger partial charge in [0.2, 0.25) is 0 Å². The summed E-state index contributed by atoms with van der Waals surface area (Å²) in [4.78, 5) is 10.8. The van der Waals surface area contributed by atoms with Crippen LogP contribution < -0.4 is 5.32 Å². The number of carbonyl (C=O) groups is 1. The first-order valence-corrected chi connectivity index (χ1v) is 13.7. The topological polar surface area (TPSA) is 49.3 Å². The average Bonchev–Trinajstić information content (AvgIpc) is 2.55. The van der Waals surface area contributed by atoms with Gasteiger partial charge in [0.1, 0.15) is 0 Å². The lowest BCUT2D eigenvalue weighted by Crippen LogP contribution is -2.18. The van der Waals surface area contributed by atoms with Crippen LogP contribution in [0.4, 0.5) is 5.69 Å². The van der Waals surface area contributed by atoms with Crippen LogP contribution in [0.1, 0.15) is 68.1 Å². The molecule has 1 aromatic carbocycles. The highest BCUT2D eigenvalue weighted by Gasteiger charge is 2.11. The Bertz CT molecular complexity index is 480. The van der Waals surface area contributed by atoms with Gasteiger partial charge in [-0.3, -0.25) is 0 Å². The van der Waals surface area contributed by atoms with Crippen molar-refractivity contribution in [2.75, 3.05) is 11.9 Å². The van der Waals surface area contributed by atoms with Crippen molar-refractivity contribution in [2.45, 2.75) is 83.5 Å². The standard InChI is InChI=1S/C21H37NO2Si/c1-25(2,3)18-12-10-8-6-4-5-7-9-11-17-22-20-15-13-19(14-16-20)21(23)24/h13-16,22H,4-12,17-18H2,1-3H3,(H,23,24). The lowest BCUT2D eigenvalue weighted by molar-refractivity contribution is 0.0697. The minimum absolute atomic E-state index is 0.339. The molecular weight excluding hydrogens is 326 g/mol. The Balaban J connectivity index is 1.90. The first-order valence-electron chi connectivity index (χ1n) is 9.96. The first kappa shape index (κ1) is 21.7. The third kappa shape index (κ3) is 11.8. The maximum Gasteiger partial charge on any atom is 0.335 e. The van der Waals surface area contributed by atoms with Crippen molar-refractivity contribution < 1.29 is 9.90 Å². The predicted octanol–water partition coefficient (Wildman–Crippen LogP) is 6.65. The second-order valence-electron chi connectivity index (χ2n) is 8.30. The average molecular weight is 364 g/mol. The summed E-state index contributed by atoms with van der Waals surface area (Å²) in [5.74, 6) is -0.873. The lowest BCUT2D eigenvalue weighted by atomic mass is 10.1. The van der Waals surface area contributed by atoms with E-state index in [4.69, 9.17) is 5.11 Å². The van der Waals surface area contributed by atoms with Crippen LogP contribution in [0, 0.1) is 0 Å². The van der Waals surface area contributed by atoms with Crippen LogP contribution in [0.3, 0.4) is 0 Å². The zero-order chi connectivity index (χ0) is 18.5. The highest BCUT2D eigenvalue weighted by Crippen LogP contribution is 2.16. The molecule has 0 fully saturated rings. The molecule has 142 valence electrons. The zero-order valence-corrected chi connectivity index (χ0v) is 17.4. The number of hydrogen-bond acceptors (Lipinski definition) is 2. The highest BCUT2D eigenvalue weighted by atomic mass is 28.3. The van der Waals surface area contributed by atoms with E-state index in [1.54, 1.807) is 12.1 Å². The number of unbranched alkanes of at least 4 members (excludes halogenated alkanes) is 8. The Morgan fingerprint density at radius 2 is 1.32 bits per heavy atom. The molecule has 0 spiro atoms. The van der Waals surface area contributed by atoms with Gasteiger partial charge in [0, 0.05) is 20.3 Å². The van der Waals surface area contributed by atoms with Gasteiger partial charge in [-0.05, 0) is 30.7 Å². The number of carboxylic acid groups (broad SMARTS) is 1. The molecule has 4 heteroatoms. The van der Waals surface area contributed by atoms with Crippen LogP contribution in [0.5, 0.6) is 0 Å². The molecule has 0 aliphatic heterocycles. The predicted molar refractivity (Wildman–Crippen MR) is 112 cm³/mol. The molecule has 0 aliphatic rings.